The van der Waals surface area contributed by atoms with Crippen molar-refractivity contribution in [2.24, 2.45) is 0 Å². The molecule has 5 rings (SSSR count). The lowest BCUT2D eigenvalue weighted by Gasteiger charge is -2.27. The number of nitrogens with zero attached hydrogens (tertiary/aromatic N) is 3. The summed E-state index contributed by atoms with van der Waals surface area (Å²) in [6.45, 7) is 6.28. The summed E-state index contributed by atoms with van der Waals surface area (Å²) in [5.41, 5.74) is 8.52. The number of anilines is 1. The molecule has 12 heteroatoms. The number of rotatable bonds is 16. The molecular weight excluding hydrogens is 605 g/mol. The van der Waals surface area contributed by atoms with Crippen molar-refractivity contribution in [1.29, 1.82) is 0 Å². The van der Waals surface area contributed by atoms with Crippen LogP contribution in [0, 0.1) is 0 Å². The fraction of sp³-hybridized carbons (Fsp3) is 0.324. The first-order chi connectivity index (χ1) is 22.3. The van der Waals surface area contributed by atoms with Crippen LogP contribution in [0.3, 0.4) is 0 Å². The third-order valence-corrected chi connectivity index (χ3v) is 9.03. The van der Waals surface area contributed by atoms with Gasteiger partial charge in [0.15, 0.2) is 5.82 Å². The van der Waals surface area contributed by atoms with E-state index < -0.39 is 19.8 Å². The lowest BCUT2D eigenvalue weighted by molar-refractivity contribution is -0.135. The molecule has 0 unspecified atom stereocenters. The number of hydrogen-bond donors (Lipinski definition) is 2. The first-order valence-corrected chi connectivity index (χ1v) is 17.0. The predicted molar refractivity (Wildman–Crippen MR) is 179 cm³/mol. The van der Waals surface area contributed by atoms with E-state index >= 15 is 0 Å². The molecule has 0 aliphatic rings. The Hall–Kier alpha value is -4.28. The molecule has 3 atom stereocenters. The van der Waals surface area contributed by atoms with Gasteiger partial charge in [-0.2, -0.15) is 5.09 Å². The first-order valence-electron chi connectivity index (χ1n) is 15.5. The van der Waals surface area contributed by atoms with Gasteiger partial charge in [-0.05, 0) is 50.6 Å². The number of fused-ring (bicyclic) bond motifs is 3. The highest BCUT2D eigenvalue weighted by Gasteiger charge is 2.34. The largest absolute Gasteiger partial charge is 0.459 e. The van der Waals surface area contributed by atoms with E-state index in [4.69, 9.17) is 29.2 Å². The maximum absolute atomic E-state index is 14.4. The molecule has 0 spiro atoms. The third kappa shape index (κ3) is 7.92. The topological polar surface area (TPSA) is 140 Å². The Kier molecular flexibility index (Phi) is 11.0. The number of imidazole rings is 1. The molecule has 46 heavy (non-hydrogen) atoms. The third-order valence-electron chi connectivity index (χ3n) is 7.39. The van der Waals surface area contributed by atoms with E-state index in [0.717, 1.165) is 29.3 Å². The van der Waals surface area contributed by atoms with Gasteiger partial charge in [0.05, 0.1) is 23.7 Å². The molecule has 0 amide bonds. The van der Waals surface area contributed by atoms with Crippen LogP contribution in [-0.4, -0.2) is 39.8 Å². The summed E-state index contributed by atoms with van der Waals surface area (Å²) in [4.78, 5) is 22.4. The molecule has 2 heterocycles. The number of pyridine rings is 1. The Bertz CT molecular complexity index is 1800. The predicted octanol–water partition coefficient (Wildman–Crippen LogP) is 7.22. The quantitative estimate of drug-likeness (QED) is 0.0642. The number of benzene rings is 3. The van der Waals surface area contributed by atoms with Crippen molar-refractivity contribution in [3.05, 3.63) is 90.8 Å². The van der Waals surface area contributed by atoms with Crippen LogP contribution in [0.15, 0.2) is 84.9 Å². The van der Waals surface area contributed by atoms with Gasteiger partial charge in [0, 0.05) is 12.0 Å². The number of aromatic nitrogens is 3. The van der Waals surface area contributed by atoms with Crippen LogP contribution in [0.5, 0.6) is 11.5 Å². The molecule has 3 aromatic carbocycles. The van der Waals surface area contributed by atoms with Gasteiger partial charge >= 0.3 is 13.7 Å². The Labute approximate surface area is 268 Å². The lowest BCUT2D eigenvalue weighted by atomic mass is 10.1. The number of para-hydroxylation sites is 3. The van der Waals surface area contributed by atoms with Crippen LogP contribution < -0.4 is 20.1 Å². The molecule has 3 N–H and O–H groups in total. The Morgan fingerprint density at radius 1 is 0.957 bits per heavy atom. The van der Waals surface area contributed by atoms with Crippen molar-refractivity contribution in [2.75, 3.05) is 18.9 Å². The number of carbonyl (C=O) groups excluding carboxylic acids is 1. The summed E-state index contributed by atoms with van der Waals surface area (Å²) in [7, 11) is -4.15. The maximum atomic E-state index is 14.4. The smallest absolute Gasteiger partial charge is 0.425 e. The van der Waals surface area contributed by atoms with Crippen molar-refractivity contribution in [2.45, 2.75) is 58.7 Å². The Balaban J connectivity index is 1.50. The zero-order valence-corrected chi connectivity index (χ0v) is 27.2. The van der Waals surface area contributed by atoms with Crippen LogP contribution in [-0.2, 0) is 25.2 Å². The molecule has 0 radical (unpaired) electrons. The highest BCUT2D eigenvalue weighted by molar-refractivity contribution is 7.52. The molecule has 0 saturated carbocycles. The zero-order chi connectivity index (χ0) is 32.5. The minimum atomic E-state index is -4.15. The average molecular weight is 646 g/mol. The summed E-state index contributed by atoms with van der Waals surface area (Å²) in [5.74, 6) is 1.02. The van der Waals surface area contributed by atoms with Crippen molar-refractivity contribution in [1.82, 2.24) is 19.6 Å². The van der Waals surface area contributed by atoms with E-state index in [1.165, 1.54) is 0 Å². The highest BCUT2D eigenvalue weighted by Crippen LogP contribution is 2.46. The fourth-order valence-electron chi connectivity index (χ4n) is 5.16. The normalized spacial score (nSPS) is 14.2. The number of ether oxygens (including phenoxy) is 2. The second-order valence-corrected chi connectivity index (χ2v) is 12.5. The van der Waals surface area contributed by atoms with E-state index in [1.54, 1.807) is 55.5 Å². The monoisotopic (exact) mass is 645 g/mol. The molecular formula is C34H40N5O6P. The number of nitrogens with two attached hydrogens (primary N) is 1. The number of nitrogen functional groups attached to an aromatic ring is 1. The first kappa shape index (κ1) is 33.1. The summed E-state index contributed by atoms with van der Waals surface area (Å²) in [5, 5.41) is 3.68. The van der Waals surface area contributed by atoms with E-state index in [9.17, 15) is 9.36 Å². The Morgan fingerprint density at radius 3 is 2.33 bits per heavy atom. The maximum Gasteiger partial charge on any atom is 0.459 e. The molecule has 11 nitrogen and oxygen atoms in total. The minimum absolute atomic E-state index is 0.0291. The minimum Gasteiger partial charge on any atom is -0.425 e. The van der Waals surface area contributed by atoms with Crippen LogP contribution in [0.1, 0.15) is 51.9 Å². The molecule has 0 saturated heterocycles. The molecule has 0 aliphatic carbocycles. The van der Waals surface area contributed by atoms with Gasteiger partial charge in [-0.3, -0.25) is 4.52 Å². The van der Waals surface area contributed by atoms with Gasteiger partial charge in [-0.1, -0.05) is 74.4 Å². The number of esters is 1. The number of nitrogens with one attached hydrogen (secondary N) is 1. The zero-order valence-electron chi connectivity index (χ0n) is 26.3. The van der Waals surface area contributed by atoms with Crippen molar-refractivity contribution in [3.8, 4) is 11.5 Å². The van der Waals surface area contributed by atoms with Crippen LogP contribution >= 0.6 is 7.75 Å². The second kappa shape index (κ2) is 15.3. The Morgan fingerprint density at radius 2 is 1.63 bits per heavy atom. The highest BCUT2D eigenvalue weighted by atomic mass is 31.2. The summed E-state index contributed by atoms with van der Waals surface area (Å²) >= 11 is 0. The van der Waals surface area contributed by atoms with E-state index in [0.29, 0.717) is 41.7 Å². The summed E-state index contributed by atoms with van der Waals surface area (Å²) in [6.07, 6.45) is 2.46. The number of hydrogen-bond acceptors (Lipinski definition) is 9. The lowest BCUT2D eigenvalue weighted by Crippen LogP contribution is -2.37. The summed E-state index contributed by atoms with van der Waals surface area (Å²) < 4.78 is 40.0. The molecule has 0 bridgehead atoms. The van der Waals surface area contributed by atoms with Gasteiger partial charge in [0.2, 0.25) is 0 Å². The van der Waals surface area contributed by atoms with Gasteiger partial charge < -0.3 is 24.3 Å². The van der Waals surface area contributed by atoms with Crippen LogP contribution in [0.2, 0.25) is 0 Å². The van der Waals surface area contributed by atoms with Crippen molar-refractivity contribution >= 4 is 41.5 Å². The van der Waals surface area contributed by atoms with Gasteiger partial charge in [-0.15, -0.1) is 0 Å². The summed E-state index contributed by atoms with van der Waals surface area (Å²) in [6, 6.07) is 23.7. The second-order valence-electron chi connectivity index (χ2n) is 10.8. The van der Waals surface area contributed by atoms with E-state index in [-0.39, 0.29) is 19.3 Å². The van der Waals surface area contributed by atoms with Crippen molar-refractivity contribution < 1.29 is 27.9 Å². The van der Waals surface area contributed by atoms with E-state index in [2.05, 4.69) is 21.6 Å². The molecule has 242 valence electrons. The fourth-order valence-corrected chi connectivity index (χ4v) is 6.69. The number of unbranched alkanes of at least 4 members (excludes halogenated alkanes) is 1. The molecule has 2 aromatic heterocycles. The standard InChI is InChI=1S/C34H40N5O6P/c1-4-6-15-25(39-30(23-42-5-2)37-31-32(39)28-20-13-14-21-29(28)36-33(31)35)22-43-46(41,45-27-18-11-8-12-19-27)38-24(3)34(40)44-26-16-9-7-10-17-26/h7-14,16-21,24-25H,4-6,15,22-23H2,1-3H3,(H2,35,36)(H,38,41)/t24-,25-,46+/m0/s1. The average Bonchev–Trinajstić information content (AvgIpc) is 3.45. The molecule has 0 fully saturated rings. The van der Waals surface area contributed by atoms with Crippen LogP contribution in [0.4, 0.5) is 5.82 Å². The van der Waals surface area contributed by atoms with Gasteiger partial charge in [0.25, 0.3) is 0 Å². The molecule has 5 aromatic rings. The van der Waals surface area contributed by atoms with Crippen LogP contribution in [0.25, 0.3) is 21.9 Å². The SMILES string of the molecule is CCCC[C@@H](CO[P@](=O)(N[C@@H](C)C(=O)Oc1ccccc1)Oc1ccccc1)n1c(COCC)nc2c(N)nc3ccccc3c21. The molecule has 0 aliphatic heterocycles. The van der Waals surface area contributed by atoms with Gasteiger partial charge in [0.1, 0.15) is 35.5 Å². The van der Waals surface area contributed by atoms with Crippen molar-refractivity contribution in [3.63, 3.8) is 0 Å². The van der Waals surface area contributed by atoms with Gasteiger partial charge in [-0.25, -0.2) is 19.3 Å². The number of carbonyl (C=O) groups is 1. The van der Waals surface area contributed by atoms with E-state index in [1.807, 2.05) is 43.3 Å².